The highest BCUT2D eigenvalue weighted by Gasteiger charge is 2.41. The van der Waals surface area contributed by atoms with Crippen LogP contribution in [-0.4, -0.2) is 29.6 Å². The molecule has 1 N–H and O–H groups in total. The number of fused-ring (bicyclic) bond motifs is 3. The van der Waals surface area contributed by atoms with Crippen molar-refractivity contribution in [3.63, 3.8) is 0 Å². The summed E-state index contributed by atoms with van der Waals surface area (Å²) >= 11 is 0. The number of allylic oxidation sites excluding steroid dienone is 2. The van der Waals surface area contributed by atoms with Crippen molar-refractivity contribution in [2.24, 2.45) is 5.41 Å². The van der Waals surface area contributed by atoms with Gasteiger partial charge in [0.2, 0.25) is 5.95 Å². The third-order valence-electron chi connectivity index (χ3n) is 6.00. The van der Waals surface area contributed by atoms with Crippen LogP contribution in [-0.2, 0) is 4.79 Å². The summed E-state index contributed by atoms with van der Waals surface area (Å²) in [5.41, 5.74) is 4.50. The molecule has 6 nitrogen and oxygen atoms in total. The number of benzene rings is 2. The Bertz CT molecular complexity index is 1180. The molecule has 1 aliphatic heterocycles. The molecule has 2 aliphatic rings. The number of anilines is 1. The van der Waals surface area contributed by atoms with E-state index in [1.165, 1.54) is 0 Å². The first kappa shape index (κ1) is 18.7. The first-order valence-electron chi connectivity index (χ1n) is 10.1. The predicted octanol–water partition coefficient (Wildman–Crippen LogP) is 4.71. The van der Waals surface area contributed by atoms with Crippen LogP contribution in [0.4, 0.5) is 5.95 Å². The molecule has 1 aliphatic carbocycles. The van der Waals surface area contributed by atoms with E-state index in [1.807, 2.05) is 42.5 Å². The number of methoxy groups -OCH3 is 2. The zero-order chi connectivity index (χ0) is 21.0. The van der Waals surface area contributed by atoms with Crippen molar-refractivity contribution in [1.29, 1.82) is 0 Å². The average molecular weight is 403 g/mol. The first-order chi connectivity index (χ1) is 14.4. The van der Waals surface area contributed by atoms with Crippen LogP contribution in [0.1, 0.15) is 38.3 Å². The quantitative estimate of drug-likeness (QED) is 0.686. The molecule has 0 saturated heterocycles. The summed E-state index contributed by atoms with van der Waals surface area (Å²) in [5, 5.41) is 3.48. The summed E-state index contributed by atoms with van der Waals surface area (Å²) in [6.45, 7) is 4.27. The van der Waals surface area contributed by atoms with Gasteiger partial charge >= 0.3 is 0 Å². The van der Waals surface area contributed by atoms with Gasteiger partial charge in [-0.3, -0.25) is 9.36 Å². The van der Waals surface area contributed by atoms with Crippen molar-refractivity contribution in [2.45, 2.75) is 32.7 Å². The molecule has 1 aromatic heterocycles. The number of nitrogens with zero attached hydrogens (tertiary/aromatic N) is 2. The minimum absolute atomic E-state index is 0.0896. The van der Waals surface area contributed by atoms with Crippen LogP contribution in [0.3, 0.4) is 0 Å². The van der Waals surface area contributed by atoms with Crippen LogP contribution >= 0.6 is 0 Å². The van der Waals surface area contributed by atoms with Gasteiger partial charge in [0, 0.05) is 23.8 Å². The Kier molecular flexibility index (Phi) is 4.13. The Hall–Kier alpha value is -3.28. The standard InChI is InChI=1S/C24H25N3O3/c1-24(2)12-18-21(20(28)13-24)22(14-9-15(29-3)11-16(10-14)30-4)27-19-8-6-5-7-17(19)25-23(27)26-18/h5-11,22H,12-13H2,1-4H3,(H,25,26)/t22-/m1/s1. The van der Waals surface area contributed by atoms with Crippen LogP contribution in [0.5, 0.6) is 11.5 Å². The van der Waals surface area contributed by atoms with Gasteiger partial charge in [-0.15, -0.1) is 0 Å². The maximum Gasteiger partial charge on any atom is 0.209 e. The number of aromatic nitrogens is 2. The molecule has 0 radical (unpaired) electrons. The minimum Gasteiger partial charge on any atom is -0.497 e. The summed E-state index contributed by atoms with van der Waals surface area (Å²) in [6.07, 6.45) is 1.32. The highest BCUT2D eigenvalue weighted by atomic mass is 16.5. The van der Waals surface area contributed by atoms with Gasteiger partial charge in [-0.2, -0.15) is 0 Å². The van der Waals surface area contributed by atoms with Gasteiger partial charge in [-0.05, 0) is 41.7 Å². The van der Waals surface area contributed by atoms with E-state index in [4.69, 9.17) is 14.5 Å². The number of ketones is 1. The maximum atomic E-state index is 13.4. The number of Topliss-reactive ketones (excluding diaryl/α,β-unsaturated/α-hetero) is 1. The van der Waals surface area contributed by atoms with Crippen LogP contribution < -0.4 is 14.8 Å². The van der Waals surface area contributed by atoms with Crippen molar-refractivity contribution in [3.05, 3.63) is 59.3 Å². The third kappa shape index (κ3) is 2.86. The van der Waals surface area contributed by atoms with Crippen molar-refractivity contribution in [3.8, 4) is 11.5 Å². The molecule has 2 heterocycles. The Morgan fingerprint density at radius 1 is 1.07 bits per heavy atom. The summed E-state index contributed by atoms with van der Waals surface area (Å²) in [7, 11) is 3.27. The Balaban J connectivity index is 1.80. The monoisotopic (exact) mass is 403 g/mol. The normalized spacial score (nSPS) is 19.9. The zero-order valence-electron chi connectivity index (χ0n) is 17.7. The smallest absolute Gasteiger partial charge is 0.209 e. The van der Waals surface area contributed by atoms with Gasteiger partial charge in [0.15, 0.2) is 5.78 Å². The molecule has 5 rings (SSSR count). The molecular formula is C24H25N3O3. The largest absolute Gasteiger partial charge is 0.497 e. The van der Waals surface area contributed by atoms with Gasteiger partial charge in [0.05, 0.1) is 31.3 Å². The fourth-order valence-corrected chi connectivity index (χ4v) is 4.72. The Morgan fingerprint density at radius 2 is 1.77 bits per heavy atom. The number of ether oxygens (including phenoxy) is 2. The molecule has 0 bridgehead atoms. The number of carbonyl (C=O) groups excluding carboxylic acids is 1. The maximum absolute atomic E-state index is 13.4. The predicted molar refractivity (Wildman–Crippen MR) is 116 cm³/mol. The zero-order valence-corrected chi connectivity index (χ0v) is 17.7. The van der Waals surface area contributed by atoms with E-state index in [9.17, 15) is 4.79 Å². The molecule has 0 fully saturated rings. The highest BCUT2D eigenvalue weighted by molar-refractivity contribution is 6.01. The lowest BCUT2D eigenvalue weighted by Gasteiger charge is -2.39. The van der Waals surface area contributed by atoms with Crippen molar-refractivity contribution in [1.82, 2.24) is 9.55 Å². The number of rotatable bonds is 3. The molecule has 0 saturated carbocycles. The van der Waals surface area contributed by atoms with E-state index in [-0.39, 0.29) is 17.2 Å². The van der Waals surface area contributed by atoms with Crippen molar-refractivity contribution >= 4 is 22.8 Å². The lowest BCUT2D eigenvalue weighted by molar-refractivity contribution is -0.118. The second-order valence-corrected chi connectivity index (χ2v) is 8.80. The topological polar surface area (TPSA) is 65.4 Å². The van der Waals surface area contributed by atoms with Crippen LogP contribution in [0, 0.1) is 5.41 Å². The van der Waals surface area contributed by atoms with Crippen molar-refractivity contribution < 1.29 is 14.3 Å². The molecule has 154 valence electrons. The van der Waals surface area contributed by atoms with E-state index in [1.54, 1.807) is 14.2 Å². The van der Waals surface area contributed by atoms with E-state index in [0.29, 0.717) is 17.9 Å². The summed E-state index contributed by atoms with van der Waals surface area (Å²) in [5.74, 6) is 2.32. The fourth-order valence-electron chi connectivity index (χ4n) is 4.72. The third-order valence-corrected chi connectivity index (χ3v) is 6.00. The van der Waals surface area contributed by atoms with E-state index in [0.717, 1.165) is 40.2 Å². The Morgan fingerprint density at radius 3 is 2.47 bits per heavy atom. The number of hydrogen-bond donors (Lipinski definition) is 1. The van der Waals surface area contributed by atoms with Crippen LogP contribution in [0.2, 0.25) is 0 Å². The number of nitrogens with one attached hydrogen (secondary N) is 1. The second kappa shape index (κ2) is 6.62. The van der Waals surface area contributed by atoms with Gasteiger partial charge in [-0.1, -0.05) is 26.0 Å². The highest BCUT2D eigenvalue weighted by Crippen LogP contribution is 2.47. The number of imidazole rings is 1. The van der Waals surface area contributed by atoms with E-state index < -0.39 is 0 Å². The molecular weight excluding hydrogens is 378 g/mol. The number of carbonyl (C=O) groups is 1. The van der Waals surface area contributed by atoms with Crippen molar-refractivity contribution in [2.75, 3.05) is 19.5 Å². The van der Waals surface area contributed by atoms with E-state index in [2.05, 4.69) is 23.7 Å². The molecule has 30 heavy (non-hydrogen) atoms. The lowest BCUT2D eigenvalue weighted by atomic mass is 9.73. The van der Waals surface area contributed by atoms with Crippen LogP contribution in [0.15, 0.2) is 53.7 Å². The van der Waals surface area contributed by atoms with E-state index >= 15 is 0 Å². The number of para-hydroxylation sites is 2. The lowest BCUT2D eigenvalue weighted by Crippen LogP contribution is -2.36. The molecule has 3 aromatic rings. The molecule has 0 unspecified atom stereocenters. The summed E-state index contributed by atoms with van der Waals surface area (Å²) < 4.78 is 13.2. The molecule has 1 atom stereocenters. The molecule has 2 aromatic carbocycles. The minimum atomic E-state index is -0.295. The van der Waals surface area contributed by atoms with Crippen LogP contribution in [0.25, 0.3) is 11.0 Å². The van der Waals surface area contributed by atoms with Gasteiger partial charge in [0.25, 0.3) is 0 Å². The Labute approximate surface area is 175 Å². The summed E-state index contributed by atoms with van der Waals surface area (Å²) in [4.78, 5) is 18.2. The molecule has 0 amide bonds. The van der Waals surface area contributed by atoms with Gasteiger partial charge in [-0.25, -0.2) is 4.98 Å². The first-order valence-corrected chi connectivity index (χ1v) is 10.1. The van der Waals surface area contributed by atoms with Gasteiger partial charge in [0.1, 0.15) is 11.5 Å². The molecule has 0 spiro atoms. The fraction of sp³-hybridized carbons (Fsp3) is 0.333. The SMILES string of the molecule is COc1cc(OC)cc([C@@H]2C3=C(CC(C)(C)CC3=O)Nc3nc4ccccc4n32)c1. The summed E-state index contributed by atoms with van der Waals surface area (Å²) in [6, 6.07) is 13.5. The average Bonchev–Trinajstić information content (AvgIpc) is 3.08. The molecule has 6 heteroatoms. The van der Waals surface area contributed by atoms with Gasteiger partial charge < -0.3 is 14.8 Å². The second-order valence-electron chi connectivity index (χ2n) is 8.80. The number of hydrogen-bond acceptors (Lipinski definition) is 5.